The Morgan fingerprint density at radius 2 is 2.43 bits per heavy atom. The highest BCUT2D eigenvalue weighted by molar-refractivity contribution is 5.81. The Morgan fingerprint density at radius 3 is 2.93 bits per heavy atom. The zero-order valence-corrected chi connectivity index (χ0v) is 8.80. The van der Waals surface area contributed by atoms with Gasteiger partial charge in [-0.1, -0.05) is 0 Å². The highest BCUT2D eigenvalue weighted by Gasteiger charge is 2.22. The van der Waals surface area contributed by atoms with Crippen LogP contribution in [0.5, 0.6) is 0 Å². The molecule has 0 bridgehead atoms. The maximum Gasteiger partial charge on any atom is 0.250 e. The molecule has 1 amide bonds. The van der Waals surface area contributed by atoms with Crippen molar-refractivity contribution in [3.63, 3.8) is 0 Å². The van der Waals surface area contributed by atoms with Crippen LogP contribution in [0.25, 0.3) is 0 Å². The lowest BCUT2D eigenvalue weighted by atomic mass is 10.1. The van der Waals surface area contributed by atoms with Crippen LogP contribution >= 0.6 is 0 Å². The first kappa shape index (κ1) is 11.4. The first-order valence-electron chi connectivity index (χ1n) is 4.88. The molecule has 5 nitrogen and oxygen atoms in total. The third-order valence-electron chi connectivity index (χ3n) is 1.94. The summed E-state index contributed by atoms with van der Waals surface area (Å²) in [5.74, 6) is -0.0873. The molecule has 1 aliphatic rings. The largest absolute Gasteiger partial charge is 0.366 e. The summed E-state index contributed by atoms with van der Waals surface area (Å²) in [6.45, 7) is 6.18. The van der Waals surface area contributed by atoms with Crippen molar-refractivity contribution in [2.45, 2.75) is 25.5 Å². The van der Waals surface area contributed by atoms with E-state index in [1.54, 1.807) is 0 Å². The van der Waals surface area contributed by atoms with Gasteiger partial charge in [0, 0.05) is 25.2 Å². The van der Waals surface area contributed by atoms with Gasteiger partial charge in [-0.15, -0.1) is 0 Å². The van der Waals surface area contributed by atoms with Gasteiger partial charge in [0.2, 0.25) is 0 Å². The number of ether oxygens (including phenoxy) is 1. The molecule has 0 aromatic carbocycles. The van der Waals surface area contributed by atoms with Crippen LogP contribution in [0.3, 0.4) is 0 Å². The molecule has 4 N–H and O–H groups in total. The molecule has 5 heteroatoms. The Balaban J connectivity index is 2.27. The average Bonchev–Trinajstić information content (AvgIpc) is 2.14. The van der Waals surface area contributed by atoms with Crippen molar-refractivity contribution in [2.24, 2.45) is 5.73 Å². The van der Waals surface area contributed by atoms with E-state index in [0.29, 0.717) is 19.7 Å². The number of rotatable bonds is 3. The molecule has 1 heterocycles. The summed E-state index contributed by atoms with van der Waals surface area (Å²) < 4.78 is 5.29. The van der Waals surface area contributed by atoms with Crippen molar-refractivity contribution in [3.8, 4) is 0 Å². The monoisotopic (exact) mass is 201 g/mol. The topological polar surface area (TPSA) is 76.4 Å². The van der Waals surface area contributed by atoms with Gasteiger partial charge in [-0.3, -0.25) is 4.79 Å². The zero-order valence-electron chi connectivity index (χ0n) is 8.80. The van der Waals surface area contributed by atoms with E-state index in [9.17, 15) is 4.79 Å². The molecule has 1 atom stereocenters. The highest BCUT2D eigenvalue weighted by atomic mass is 16.5. The van der Waals surface area contributed by atoms with E-state index >= 15 is 0 Å². The molecule has 0 aromatic heterocycles. The Morgan fingerprint density at radius 1 is 1.71 bits per heavy atom. The normalized spacial score (nSPS) is 23.2. The Labute approximate surface area is 84.4 Å². The smallest absolute Gasteiger partial charge is 0.250 e. The first-order valence-corrected chi connectivity index (χ1v) is 4.88. The van der Waals surface area contributed by atoms with E-state index < -0.39 is 0 Å². The Kier molecular flexibility index (Phi) is 3.86. The second kappa shape index (κ2) is 4.72. The van der Waals surface area contributed by atoms with E-state index in [0.717, 1.165) is 6.54 Å². The minimum absolute atomic E-state index is 0.0873. The number of nitrogens with one attached hydrogen (secondary N) is 2. The molecule has 1 aliphatic heterocycles. The average molecular weight is 201 g/mol. The summed E-state index contributed by atoms with van der Waals surface area (Å²) in [6.07, 6.45) is -0.369. The zero-order chi connectivity index (χ0) is 10.6. The predicted molar refractivity (Wildman–Crippen MR) is 53.9 cm³/mol. The van der Waals surface area contributed by atoms with Gasteiger partial charge in [0.25, 0.3) is 5.91 Å². The van der Waals surface area contributed by atoms with Gasteiger partial charge in [0.05, 0.1) is 6.61 Å². The second-order valence-corrected chi connectivity index (χ2v) is 4.27. The molecule has 1 rings (SSSR count). The number of hydrogen-bond acceptors (Lipinski definition) is 4. The number of amides is 1. The summed E-state index contributed by atoms with van der Waals surface area (Å²) in [7, 11) is 0. The first-order chi connectivity index (χ1) is 6.49. The number of hydrogen-bond donors (Lipinski definition) is 3. The van der Waals surface area contributed by atoms with Crippen LogP contribution in [-0.4, -0.2) is 43.8 Å². The molecule has 14 heavy (non-hydrogen) atoms. The number of carbonyl (C=O) groups is 1. The van der Waals surface area contributed by atoms with Crippen molar-refractivity contribution < 1.29 is 9.53 Å². The van der Waals surface area contributed by atoms with E-state index in [2.05, 4.69) is 10.6 Å². The number of carbonyl (C=O) groups excluding carboxylic acids is 1. The molecule has 1 fully saturated rings. The summed E-state index contributed by atoms with van der Waals surface area (Å²) in [5, 5.41) is 5.86. The fraction of sp³-hybridized carbons (Fsp3) is 0.889. The van der Waals surface area contributed by atoms with E-state index in [-0.39, 0.29) is 17.6 Å². The molecule has 1 saturated heterocycles. The summed E-state index contributed by atoms with van der Waals surface area (Å²) in [6, 6.07) is 0. The lowest BCUT2D eigenvalue weighted by Crippen LogP contribution is -2.52. The summed E-state index contributed by atoms with van der Waals surface area (Å²) >= 11 is 0. The van der Waals surface area contributed by atoms with Crippen LogP contribution in [0.15, 0.2) is 0 Å². The summed E-state index contributed by atoms with van der Waals surface area (Å²) in [4.78, 5) is 11.5. The highest BCUT2D eigenvalue weighted by Crippen LogP contribution is 1.98. The van der Waals surface area contributed by atoms with Crippen molar-refractivity contribution in [1.29, 1.82) is 0 Å². The minimum Gasteiger partial charge on any atom is -0.366 e. The van der Waals surface area contributed by atoms with Crippen LogP contribution < -0.4 is 16.4 Å². The second-order valence-electron chi connectivity index (χ2n) is 4.27. The standard InChI is InChI=1S/C9H19N3O2/c1-9(2,10)6-12-8(13)7-5-11-3-4-14-7/h7,11H,3-6,10H2,1-2H3,(H,12,13)/t7-/m1/s1. The van der Waals surface area contributed by atoms with Crippen molar-refractivity contribution in [1.82, 2.24) is 10.6 Å². The molecule has 82 valence electrons. The quantitative estimate of drug-likeness (QED) is 0.537. The SMILES string of the molecule is CC(C)(N)CNC(=O)[C@H]1CNCCO1. The molecule has 0 spiro atoms. The van der Waals surface area contributed by atoms with E-state index in [4.69, 9.17) is 10.5 Å². The van der Waals surface area contributed by atoms with Gasteiger partial charge >= 0.3 is 0 Å². The van der Waals surface area contributed by atoms with Gasteiger partial charge in [-0.25, -0.2) is 0 Å². The predicted octanol–water partition coefficient (Wildman–Crippen LogP) is -1.17. The van der Waals surface area contributed by atoms with Gasteiger partial charge < -0.3 is 21.1 Å². The Bertz CT molecular complexity index is 195. The van der Waals surface area contributed by atoms with Crippen LogP contribution in [0, 0.1) is 0 Å². The van der Waals surface area contributed by atoms with Crippen molar-refractivity contribution >= 4 is 5.91 Å². The van der Waals surface area contributed by atoms with Gasteiger partial charge in [-0.05, 0) is 13.8 Å². The van der Waals surface area contributed by atoms with Crippen LogP contribution in [-0.2, 0) is 9.53 Å². The molecule has 0 unspecified atom stereocenters. The third-order valence-corrected chi connectivity index (χ3v) is 1.94. The van der Waals surface area contributed by atoms with Gasteiger partial charge in [-0.2, -0.15) is 0 Å². The summed E-state index contributed by atoms with van der Waals surface area (Å²) in [5.41, 5.74) is 5.36. The van der Waals surface area contributed by atoms with Crippen molar-refractivity contribution in [2.75, 3.05) is 26.2 Å². The lowest BCUT2D eigenvalue weighted by Gasteiger charge is -2.25. The molecule has 0 aliphatic carbocycles. The maximum atomic E-state index is 11.5. The van der Waals surface area contributed by atoms with Gasteiger partial charge in [0.1, 0.15) is 6.10 Å². The molecule has 0 saturated carbocycles. The molecular formula is C9H19N3O2. The third kappa shape index (κ3) is 4.04. The van der Waals surface area contributed by atoms with Crippen LogP contribution in [0.1, 0.15) is 13.8 Å². The lowest BCUT2D eigenvalue weighted by molar-refractivity contribution is -0.134. The fourth-order valence-corrected chi connectivity index (χ4v) is 1.16. The van der Waals surface area contributed by atoms with E-state index in [1.807, 2.05) is 13.8 Å². The fourth-order valence-electron chi connectivity index (χ4n) is 1.16. The molecule has 0 aromatic rings. The minimum atomic E-state index is -0.377. The van der Waals surface area contributed by atoms with Crippen LogP contribution in [0.4, 0.5) is 0 Å². The molecular weight excluding hydrogens is 182 g/mol. The van der Waals surface area contributed by atoms with Gasteiger partial charge in [0.15, 0.2) is 0 Å². The molecule has 0 radical (unpaired) electrons. The van der Waals surface area contributed by atoms with E-state index in [1.165, 1.54) is 0 Å². The maximum absolute atomic E-state index is 11.5. The van der Waals surface area contributed by atoms with Crippen molar-refractivity contribution in [3.05, 3.63) is 0 Å². The number of nitrogens with two attached hydrogens (primary N) is 1. The Hall–Kier alpha value is -0.650. The van der Waals surface area contributed by atoms with Crippen LogP contribution in [0.2, 0.25) is 0 Å². The number of morpholine rings is 1.